The number of hydrogen-bond acceptors (Lipinski definition) is 3. The molecule has 0 spiro atoms. The molecule has 0 amide bonds. The van der Waals surface area contributed by atoms with Crippen LogP contribution in [0.2, 0.25) is 0 Å². The van der Waals surface area contributed by atoms with Crippen LogP contribution < -0.4 is 0 Å². The highest BCUT2D eigenvalue weighted by atomic mass is 16.7. The fourth-order valence-electron chi connectivity index (χ4n) is 2.03. The number of aliphatic hydroxyl groups is 1. The molecule has 0 aliphatic heterocycles. The first-order chi connectivity index (χ1) is 6.47. The van der Waals surface area contributed by atoms with Crippen molar-refractivity contribution in [2.24, 2.45) is 11.3 Å². The number of ether oxygens (including phenoxy) is 2. The molecule has 1 saturated carbocycles. The maximum absolute atomic E-state index is 9.87. The Morgan fingerprint density at radius 2 is 2.07 bits per heavy atom. The van der Waals surface area contributed by atoms with Crippen molar-refractivity contribution in [2.45, 2.75) is 45.8 Å². The summed E-state index contributed by atoms with van der Waals surface area (Å²) in [6.45, 7) is 6.89. The zero-order chi connectivity index (χ0) is 10.8. The molecule has 0 aromatic carbocycles. The van der Waals surface area contributed by atoms with Gasteiger partial charge in [0, 0.05) is 7.11 Å². The van der Waals surface area contributed by atoms with E-state index in [1.165, 1.54) is 0 Å². The monoisotopic (exact) mass is 202 g/mol. The third-order valence-corrected chi connectivity index (χ3v) is 3.48. The first-order valence-electron chi connectivity index (χ1n) is 5.26. The predicted molar refractivity (Wildman–Crippen MR) is 54.9 cm³/mol. The van der Waals surface area contributed by atoms with Crippen molar-refractivity contribution in [3.8, 4) is 0 Å². The highest BCUT2D eigenvalue weighted by Crippen LogP contribution is 2.41. The summed E-state index contributed by atoms with van der Waals surface area (Å²) in [6.07, 6.45) is 1.31. The molecular weight excluding hydrogens is 180 g/mol. The van der Waals surface area contributed by atoms with Crippen LogP contribution in [0.5, 0.6) is 0 Å². The summed E-state index contributed by atoms with van der Waals surface area (Å²) in [4.78, 5) is 0. The molecule has 1 aliphatic rings. The predicted octanol–water partition coefficient (Wildman–Crippen LogP) is 1.79. The summed E-state index contributed by atoms with van der Waals surface area (Å²) < 4.78 is 10.3. The highest BCUT2D eigenvalue weighted by Gasteiger charge is 2.39. The van der Waals surface area contributed by atoms with Crippen molar-refractivity contribution in [1.29, 1.82) is 0 Å². The van der Waals surface area contributed by atoms with Gasteiger partial charge in [0.15, 0.2) is 0 Å². The molecule has 0 bridgehead atoms. The van der Waals surface area contributed by atoms with Crippen LogP contribution in [-0.2, 0) is 9.47 Å². The van der Waals surface area contributed by atoms with Crippen LogP contribution in [0.15, 0.2) is 0 Å². The Kier molecular flexibility index (Phi) is 3.93. The van der Waals surface area contributed by atoms with Crippen LogP contribution in [0, 0.1) is 11.3 Å². The molecule has 3 atom stereocenters. The largest absolute Gasteiger partial charge is 0.390 e. The summed E-state index contributed by atoms with van der Waals surface area (Å²) in [5, 5.41) is 9.87. The molecule has 1 aliphatic carbocycles. The minimum absolute atomic E-state index is 0.0574. The Morgan fingerprint density at radius 1 is 1.43 bits per heavy atom. The van der Waals surface area contributed by atoms with Crippen molar-refractivity contribution in [3.05, 3.63) is 0 Å². The molecule has 3 nitrogen and oxygen atoms in total. The molecule has 0 aromatic rings. The van der Waals surface area contributed by atoms with Gasteiger partial charge in [0.05, 0.1) is 12.2 Å². The van der Waals surface area contributed by atoms with E-state index >= 15 is 0 Å². The normalized spacial score (nSPS) is 37.1. The molecule has 0 radical (unpaired) electrons. The number of aliphatic hydroxyl groups excluding tert-OH is 1. The van der Waals surface area contributed by atoms with Gasteiger partial charge in [-0.2, -0.15) is 0 Å². The van der Waals surface area contributed by atoms with E-state index in [-0.39, 0.29) is 24.4 Å². The molecule has 1 unspecified atom stereocenters. The zero-order valence-corrected chi connectivity index (χ0v) is 9.62. The van der Waals surface area contributed by atoms with Gasteiger partial charge in [0.1, 0.15) is 6.79 Å². The van der Waals surface area contributed by atoms with Gasteiger partial charge in [-0.05, 0) is 24.2 Å². The van der Waals surface area contributed by atoms with Crippen LogP contribution in [-0.4, -0.2) is 31.2 Å². The Labute approximate surface area is 86.4 Å². The second-order valence-corrected chi connectivity index (χ2v) is 5.01. The van der Waals surface area contributed by atoms with Gasteiger partial charge in [-0.15, -0.1) is 0 Å². The lowest BCUT2D eigenvalue weighted by molar-refractivity contribution is -0.149. The SMILES string of the molecule is COCOC1C[C@H](C)C(C)(C)C[C@H]1O. The maximum atomic E-state index is 9.87. The van der Waals surface area contributed by atoms with Gasteiger partial charge in [-0.25, -0.2) is 0 Å². The summed E-state index contributed by atoms with van der Waals surface area (Å²) in [7, 11) is 1.60. The van der Waals surface area contributed by atoms with Gasteiger partial charge in [0.25, 0.3) is 0 Å². The van der Waals surface area contributed by atoms with Gasteiger partial charge in [-0.1, -0.05) is 20.8 Å². The summed E-state index contributed by atoms with van der Waals surface area (Å²) in [5.74, 6) is 0.577. The Hall–Kier alpha value is -0.120. The van der Waals surface area contributed by atoms with Gasteiger partial charge >= 0.3 is 0 Å². The van der Waals surface area contributed by atoms with E-state index in [9.17, 15) is 5.11 Å². The van der Waals surface area contributed by atoms with E-state index in [1.54, 1.807) is 7.11 Å². The molecule has 0 aromatic heterocycles. The summed E-state index contributed by atoms with van der Waals surface area (Å²) >= 11 is 0. The number of rotatable bonds is 3. The lowest BCUT2D eigenvalue weighted by Gasteiger charge is -2.43. The van der Waals surface area contributed by atoms with E-state index in [2.05, 4.69) is 20.8 Å². The van der Waals surface area contributed by atoms with Gasteiger partial charge in [0.2, 0.25) is 0 Å². The molecule has 84 valence electrons. The average Bonchev–Trinajstić information content (AvgIpc) is 2.08. The summed E-state index contributed by atoms with van der Waals surface area (Å²) in [6, 6.07) is 0. The van der Waals surface area contributed by atoms with Crippen LogP contribution in [0.1, 0.15) is 33.6 Å². The molecule has 1 fully saturated rings. The van der Waals surface area contributed by atoms with Crippen LogP contribution in [0.3, 0.4) is 0 Å². The molecule has 0 heterocycles. The Morgan fingerprint density at radius 3 is 2.64 bits per heavy atom. The lowest BCUT2D eigenvalue weighted by Crippen LogP contribution is -2.44. The number of hydrogen-bond donors (Lipinski definition) is 1. The molecule has 1 N–H and O–H groups in total. The van der Waals surface area contributed by atoms with E-state index in [0.29, 0.717) is 5.92 Å². The van der Waals surface area contributed by atoms with Crippen molar-refractivity contribution in [1.82, 2.24) is 0 Å². The fourth-order valence-corrected chi connectivity index (χ4v) is 2.03. The smallest absolute Gasteiger partial charge is 0.146 e. The van der Waals surface area contributed by atoms with Crippen LogP contribution >= 0.6 is 0 Å². The van der Waals surface area contributed by atoms with Crippen LogP contribution in [0.4, 0.5) is 0 Å². The highest BCUT2D eigenvalue weighted by molar-refractivity contribution is 4.89. The van der Waals surface area contributed by atoms with E-state index in [0.717, 1.165) is 12.8 Å². The topological polar surface area (TPSA) is 38.7 Å². The van der Waals surface area contributed by atoms with Crippen molar-refractivity contribution in [3.63, 3.8) is 0 Å². The lowest BCUT2D eigenvalue weighted by atomic mass is 9.68. The second kappa shape index (κ2) is 4.60. The first kappa shape index (κ1) is 12.0. The zero-order valence-electron chi connectivity index (χ0n) is 9.62. The first-order valence-corrected chi connectivity index (χ1v) is 5.26. The fraction of sp³-hybridized carbons (Fsp3) is 1.00. The Balaban J connectivity index is 2.49. The van der Waals surface area contributed by atoms with Crippen molar-refractivity contribution < 1.29 is 14.6 Å². The third kappa shape index (κ3) is 2.69. The van der Waals surface area contributed by atoms with Crippen molar-refractivity contribution in [2.75, 3.05) is 13.9 Å². The molecule has 0 saturated heterocycles. The standard InChI is InChI=1S/C11H22O3/c1-8-5-10(14-7-13-4)9(12)6-11(8,2)3/h8-10,12H,5-7H2,1-4H3/t8-,9+,10?/m0/s1. The maximum Gasteiger partial charge on any atom is 0.146 e. The summed E-state index contributed by atoms with van der Waals surface area (Å²) in [5.41, 5.74) is 0.215. The van der Waals surface area contributed by atoms with Crippen molar-refractivity contribution >= 4 is 0 Å². The molecule has 1 rings (SSSR count). The van der Waals surface area contributed by atoms with E-state index in [1.807, 2.05) is 0 Å². The quantitative estimate of drug-likeness (QED) is 0.709. The molecule has 14 heavy (non-hydrogen) atoms. The Bertz CT molecular complexity index is 179. The second-order valence-electron chi connectivity index (χ2n) is 5.01. The van der Waals surface area contributed by atoms with E-state index in [4.69, 9.17) is 9.47 Å². The molecule has 3 heteroatoms. The minimum atomic E-state index is -0.351. The van der Waals surface area contributed by atoms with Gasteiger partial charge < -0.3 is 14.6 Å². The number of methoxy groups -OCH3 is 1. The molecular formula is C11H22O3. The minimum Gasteiger partial charge on any atom is -0.390 e. The van der Waals surface area contributed by atoms with Gasteiger partial charge in [-0.3, -0.25) is 0 Å². The van der Waals surface area contributed by atoms with Crippen LogP contribution in [0.25, 0.3) is 0 Å². The van der Waals surface area contributed by atoms with E-state index < -0.39 is 0 Å². The average molecular weight is 202 g/mol. The third-order valence-electron chi connectivity index (χ3n) is 3.48.